The Balaban J connectivity index is 1.61. The molecule has 1 aliphatic heterocycles. The highest BCUT2D eigenvalue weighted by Gasteiger charge is 2.33. The predicted molar refractivity (Wildman–Crippen MR) is 136 cm³/mol. The molecule has 2 amide bonds. The molecule has 0 fully saturated rings. The van der Waals surface area contributed by atoms with Gasteiger partial charge in [0.15, 0.2) is 0 Å². The number of carbonyl (C=O) groups excluding carboxylic acids is 4. The molecule has 8 heteroatoms. The van der Waals surface area contributed by atoms with Gasteiger partial charge in [0.05, 0.1) is 23.6 Å². The highest BCUT2D eigenvalue weighted by atomic mass is 16.5. The molecule has 3 aromatic rings. The zero-order valence-corrected chi connectivity index (χ0v) is 19.8. The number of anilines is 1. The molecule has 2 aliphatic rings. The number of benzene rings is 3. The van der Waals surface area contributed by atoms with Crippen molar-refractivity contribution in [2.75, 3.05) is 11.9 Å². The van der Waals surface area contributed by atoms with Crippen LogP contribution in [0.25, 0.3) is 22.2 Å². The van der Waals surface area contributed by atoms with Gasteiger partial charge in [-0.05, 0) is 48.2 Å². The molecule has 3 aromatic carbocycles. The van der Waals surface area contributed by atoms with Gasteiger partial charge in [-0.3, -0.25) is 24.5 Å². The van der Waals surface area contributed by atoms with Gasteiger partial charge in [0.25, 0.3) is 23.4 Å². The average Bonchev–Trinajstić information content (AvgIpc) is 2.88. The Hall–Kier alpha value is -4.46. The highest BCUT2D eigenvalue weighted by molar-refractivity contribution is 6.63. The fourth-order valence-corrected chi connectivity index (χ4v) is 4.67. The topological polar surface area (TPSA) is 128 Å². The number of fused-ring (bicyclic) bond motifs is 2. The normalized spacial score (nSPS) is 14.7. The maximum absolute atomic E-state index is 13.1. The molecule has 1 aliphatic carbocycles. The number of hydrogen-bond acceptors (Lipinski definition) is 7. The predicted octanol–water partition coefficient (Wildman–Crippen LogP) is 2.12. The Morgan fingerprint density at radius 3 is 2.44 bits per heavy atom. The van der Waals surface area contributed by atoms with E-state index in [-0.39, 0.29) is 27.4 Å². The average molecular weight is 484 g/mol. The second-order valence-electron chi connectivity index (χ2n) is 8.87. The molecule has 5 rings (SSSR count). The van der Waals surface area contributed by atoms with E-state index in [4.69, 9.17) is 10.5 Å². The number of imide groups is 1. The number of Topliss-reactive ketones (excluding diaryl/α,β-unsaturated/α-hetero) is 2. The largest absolute Gasteiger partial charge is 0.494 e. The molecule has 0 aromatic heterocycles. The highest BCUT2D eigenvalue weighted by Crippen LogP contribution is 2.25. The number of ketones is 2. The summed E-state index contributed by atoms with van der Waals surface area (Å²) in [6.07, 6.45) is 4.41. The lowest BCUT2D eigenvalue weighted by atomic mass is 9.88. The zero-order chi connectivity index (χ0) is 25.4. The molecule has 0 unspecified atom stereocenters. The number of nitrogens with one attached hydrogen (secondary N) is 2. The maximum atomic E-state index is 13.1. The molecular weight excluding hydrogens is 458 g/mol. The van der Waals surface area contributed by atoms with Crippen LogP contribution in [0.3, 0.4) is 0 Å². The van der Waals surface area contributed by atoms with Gasteiger partial charge in [-0.2, -0.15) is 0 Å². The van der Waals surface area contributed by atoms with Crippen LogP contribution in [0, 0.1) is 0 Å². The van der Waals surface area contributed by atoms with Crippen molar-refractivity contribution in [2.45, 2.75) is 32.6 Å². The van der Waals surface area contributed by atoms with E-state index in [1.165, 1.54) is 6.42 Å². The Bertz CT molecular complexity index is 1570. The summed E-state index contributed by atoms with van der Waals surface area (Å²) in [4.78, 5) is 51.3. The van der Waals surface area contributed by atoms with E-state index in [2.05, 4.69) is 17.6 Å². The summed E-state index contributed by atoms with van der Waals surface area (Å²) in [7, 11) is 0. The lowest BCUT2D eigenvalue weighted by Gasteiger charge is -2.21. The maximum Gasteiger partial charge on any atom is 0.259 e. The molecule has 0 saturated heterocycles. The summed E-state index contributed by atoms with van der Waals surface area (Å²) < 4.78 is 5.78. The lowest BCUT2D eigenvalue weighted by Crippen LogP contribution is -2.50. The van der Waals surface area contributed by atoms with Gasteiger partial charge >= 0.3 is 0 Å². The van der Waals surface area contributed by atoms with Crippen molar-refractivity contribution < 1.29 is 23.9 Å². The summed E-state index contributed by atoms with van der Waals surface area (Å²) in [6, 6.07) is 13.7. The van der Waals surface area contributed by atoms with Crippen molar-refractivity contribution in [1.82, 2.24) is 5.32 Å². The second kappa shape index (κ2) is 9.30. The van der Waals surface area contributed by atoms with Gasteiger partial charge in [0.1, 0.15) is 5.75 Å². The van der Waals surface area contributed by atoms with Crippen molar-refractivity contribution in [3.8, 4) is 5.75 Å². The number of amides is 2. The zero-order valence-electron chi connectivity index (χ0n) is 19.8. The fourth-order valence-electron chi connectivity index (χ4n) is 4.67. The first-order valence-corrected chi connectivity index (χ1v) is 11.9. The van der Waals surface area contributed by atoms with Crippen LogP contribution in [0.15, 0.2) is 48.5 Å². The van der Waals surface area contributed by atoms with Crippen LogP contribution >= 0.6 is 0 Å². The fraction of sp³-hybridized carbons (Fsp3) is 0.214. The van der Waals surface area contributed by atoms with Crippen LogP contribution < -0.4 is 31.5 Å². The summed E-state index contributed by atoms with van der Waals surface area (Å²) in [5, 5.41) is 6.83. The van der Waals surface area contributed by atoms with E-state index in [0.717, 1.165) is 19.3 Å². The molecule has 0 bridgehead atoms. The summed E-state index contributed by atoms with van der Waals surface area (Å²) in [6.45, 7) is 2.77. The number of ether oxygens (including phenoxy) is 1. The van der Waals surface area contributed by atoms with Gasteiger partial charge in [-0.15, -0.1) is 0 Å². The first-order chi connectivity index (χ1) is 17.4. The minimum atomic E-state index is -0.855. The van der Waals surface area contributed by atoms with Crippen LogP contribution in [0.2, 0.25) is 0 Å². The van der Waals surface area contributed by atoms with Gasteiger partial charge in [-0.25, -0.2) is 0 Å². The SMILES string of the molecule is CCCCCCOc1ccc(NC2=c3c4c5c(cccc5cc3=C(N)C(=O)C2=O)C(=O)NC4=O)cc1. The summed E-state index contributed by atoms with van der Waals surface area (Å²) >= 11 is 0. The van der Waals surface area contributed by atoms with Crippen molar-refractivity contribution in [3.05, 3.63) is 70.1 Å². The van der Waals surface area contributed by atoms with E-state index in [1.54, 1.807) is 48.5 Å². The molecule has 0 atom stereocenters. The van der Waals surface area contributed by atoms with Gasteiger partial charge in [0.2, 0.25) is 0 Å². The van der Waals surface area contributed by atoms with Crippen molar-refractivity contribution >= 4 is 51.2 Å². The Morgan fingerprint density at radius 1 is 0.917 bits per heavy atom. The number of carbonyl (C=O) groups is 4. The van der Waals surface area contributed by atoms with Crippen LogP contribution in [0.1, 0.15) is 53.3 Å². The van der Waals surface area contributed by atoms with Gasteiger partial charge < -0.3 is 15.8 Å². The molecule has 36 heavy (non-hydrogen) atoms. The standard InChI is InChI=1S/C28H25N3O5/c1-2-3-4-5-13-36-17-11-9-16(10-12-17)30-24-21-19(23(29)25(32)26(24)33)14-15-7-6-8-18-20(15)22(21)28(35)31-27(18)34/h6-12,14,30H,2-5,13,29H2,1H3,(H,31,34,35). The molecule has 182 valence electrons. The minimum Gasteiger partial charge on any atom is -0.494 e. The number of rotatable bonds is 8. The van der Waals surface area contributed by atoms with Crippen molar-refractivity contribution in [1.29, 1.82) is 0 Å². The number of nitrogens with two attached hydrogens (primary N) is 1. The first kappa shape index (κ1) is 23.3. The second-order valence-corrected chi connectivity index (χ2v) is 8.87. The first-order valence-electron chi connectivity index (χ1n) is 11.9. The van der Waals surface area contributed by atoms with Gasteiger partial charge in [0, 0.05) is 27.1 Å². The van der Waals surface area contributed by atoms with E-state index >= 15 is 0 Å². The monoisotopic (exact) mass is 483 g/mol. The Kier molecular flexibility index (Phi) is 6.01. The summed E-state index contributed by atoms with van der Waals surface area (Å²) in [5.41, 5.74) is 6.75. The van der Waals surface area contributed by atoms with Crippen LogP contribution in [-0.4, -0.2) is 30.0 Å². The minimum absolute atomic E-state index is 0.0614. The number of hydrogen-bond donors (Lipinski definition) is 3. The Morgan fingerprint density at radius 2 is 1.69 bits per heavy atom. The van der Waals surface area contributed by atoms with E-state index < -0.39 is 23.4 Å². The van der Waals surface area contributed by atoms with Crippen molar-refractivity contribution in [2.24, 2.45) is 5.73 Å². The number of unbranched alkanes of at least 4 members (excludes halogenated alkanes) is 3. The smallest absolute Gasteiger partial charge is 0.259 e. The lowest BCUT2D eigenvalue weighted by molar-refractivity contribution is -0.130. The van der Waals surface area contributed by atoms with E-state index in [1.807, 2.05) is 0 Å². The third-order valence-corrected chi connectivity index (χ3v) is 6.47. The van der Waals surface area contributed by atoms with E-state index in [0.29, 0.717) is 34.4 Å². The van der Waals surface area contributed by atoms with E-state index in [9.17, 15) is 19.2 Å². The summed E-state index contributed by atoms with van der Waals surface area (Å²) in [5.74, 6) is -2.19. The molecule has 1 heterocycles. The third kappa shape index (κ3) is 3.90. The molecule has 0 radical (unpaired) electrons. The van der Waals surface area contributed by atoms with Crippen molar-refractivity contribution in [3.63, 3.8) is 0 Å². The van der Waals surface area contributed by atoms with Crippen LogP contribution in [0.5, 0.6) is 5.75 Å². The molecule has 8 nitrogen and oxygen atoms in total. The van der Waals surface area contributed by atoms with Crippen LogP contribution in [-0.2, 0) is 9.59 Å². The third-order valence-electron chi connectivity index (χ3n) is 6.47. The molecule has 0 saturated carbocycles. The molecule has 0 spiro atoms. The molecule has 4 N–H and O–H groups in total. The Labute approximate surface area is 206 Å². The van der Waals surface area contributed by atoms with Gasteiger partial charge in [-0.1, -0.05) is 38.3 Å². The quantitative estimate of drug-likeness (QED) is 0.254. The van der Waals surface area contributed by atoms with Crippen LogP contribution in [0.4, 0.5) is 5.69 Å². The molecular formula is C28H25N3O5.